The van der Waals surface area contributed by atoms with Gasteiger partial charge in [-0.3, -0.25) is 9.69 Å². The number of carbonyl (C=O) groups excluding carboxylic acids is 1. The molecule has 2 fully saturated rings. The molecule has 4 aromatic carbocycles. The van der Waals surface area contributed by atoms with Gasteiger partial charge < -0.3 is 23.8 Å². The first-order chi connectivity index (χ1) is 20.7. The third-order valence-corrected chi connectivity index (χ3v) is 8.06. The Hall–Kier alpha value is -3.78. The summed E-state index contributed by atoms with van der Waals surface area (Å²) in [6.45, 7) is 6.31. The molecule has 43 heavy (non-hydrogen) atoms. The predicted octanol–water partition coefficient (Wildman–Crippen LogP) is 7.07. The van der Waals surface area contributed by atoms with Crippen molar-refractivity contribution in [2.24, 2.45) is 0 Å². The number of methoxy groups -OCH3 is 1. The molecule has 0 bridgehead atoms. The average Bonchev–Trinajstić information content (AvgIpc) is 3.06. The van der Waals surface area contributed by atoms with Crippen LogP contribution in [0.3, 0.4) is 0 Å². The van der Waals surface area contributed by atoms with Gasteiger partial charge >= 0.3 is 0 Å². The van der Waals surface area contributed by atoms with Crippen molar-refractivity contribution < 1.29 is 23.7 Å². The molecule has 2 saturated heterocycles. The monoisotopic (exact) mass is 602 g/mol. The summed E-state index contributed by atoms with van der Waals surface area (Å²) < 4.78 is 23.5. The maximum atomic E-state index is 13.2. The summed E-state index contributed by atoms with van der Waals surface area (Å²) in [6, 6.07) is 25.7. The quantitative estimate of drug-likeness (QED) is 0.204. The summed E-state index contributed by atoms with van der Waals surface area (Å²) in [4.78, 5) is 17.6. The van der Waals surface area contributed by atoms with E-state index in [9.17, 15) is 4.79 Å². The van der Waals surface area contributed by atoms with Gasteiger partial charge in [0.2, 0.25) is 0 Å². The minimum Gasteiger partial charge on any atom is -0.497 e. The minimum atomic E-state index is 0. The van der Waals surface area contributed by atoms with Crippen molar-refractivity contribution in [3.8, 4) is 34.1 Å². The third-order valence-electron chi connectivity index (χ3n) is 8.06. The zero-order valence-corrected chi connectivity index (χ0v) is 25.4. The topological polar surface area (TPSA) is 60.5 Å². The summed E-state index contributed by atoms with van der Waals surface area (Å²) in [7, 11) is 1.67. The fourth-order valence-corrected chi connectivity index (χ4v) is 5.71. The van der Waals surface area contributed by atoms with Crippen LogP contribution in [0.25, 0.3) is 21.9 Å². The van der Waals surface area contributed by atoms with Crippen molar-refractivity contribution in [3.63, 3.8) is 0 Å². The molecule has 0 unspecified atom stereocenters. The van der Waals surface area contributed by atoms with Crippen LogP contribution in [0, 0.1) is 0 Å². The molecule has 8 heteroatoms. The number of carbonyl (C=O) groups is 1. The average molecular weight is 603 g/mol. The van der Waals surface area contributed by atoms with Crippen molar-refractivity contribution in [1.29, 1.82) is 0 Å². The number of fused-ring (bicyclic) bond motifs is 1. The van der Waals surface area contributed by atoms with E-state index >= 15 is 0 Å². The smallest absolute Gasteiger partial charge is 0.254 e. The molecule has 0 atom stereocenters. The molecule has 2 heterocycles. The molecule has 4 aromatic rings. The molecule has 0 radical (unpaired) electrons. The highest BCUT2D eigenvalue weighted by atomic mass is 35.5. The van der Waals surface area contributed by atoms with E-state index < -0.39 is 0 Å². The Morgan fingerprint density at radius 3 is 2.33 bits per heavy atom. The molecule has 0 aliphatic carbocycles. The minimum absolute atomic E-state index is 0. The Bertz CT molecular complexity index is 1510. The number of piperidine rings is 1. The van der Waals surface area contributed by atoms with E-state index in [1.54, 1.807) is 7.11 Å². The van der Waals surface area contributed by atoms with Crippen LogP contribution in [0.5, 0.6) is 23.0 Å². The van der Waals surface area contributed by atoms with Crippen molar-refractivity contribution in [1.82, 2.24) is 9.80 Å². The summed E-state index contributed by atoms with van der Waals surface area (Å²) in [5.41, 5.74) is 2.48. The van der Waals surface area contributed by atoms with Gasteiger partial charge in [0.05, 0.1) is 20.3 Å². The van der Waals surface area contributed by atoms with Crippen LogP contribution in [0.4, 0.5) is 0 Å². The van der Waals surface area contributed by atoms with Gasteiger partial charge in [-0.15, -0.1) is 12.4 Å². The highest BCUT2D eigenvalue weighted by Crippen LogP contribution is 2.41. The van der Waals surface area contributed by atoms with Gasteiger partial charge in [-0.2, -0.15) is 0 Å². The number of likely N-dealkylation sites (tertiary alicyclic amines) is 1. The van der Waals surface area contributed by atoms with Gasteiger partial charge in [0, 0.05) is 36.1 Å². The number of hydrogen-bond donors (Lipinski definition) is 0. The lowest BCUT2D eigenvalue weighted by Crippen LogP contribution is -2.40. The number of amides is 1. The van der Waals surface area contributed by atoms with Crippen molar-refractivity contribution in [2.75, 3.05) is 59.7 Å². The van der Waals surface area contributed by atoms with Crippen LogP contribution < -0.4 is 14.2 Å². The number of benzene rings is 4. The largest absolute Gasteiger partial charge is 0.497 e. The predicted molar refractivity (Wildman–Crippen MR) is 172 cm³/mol. The molecular weight excluding hydrogens is 564 g/mol. The number of nitrogens with zero attached hydrogens (tertiary/aromatic N) is 2. The Morgan fingerprint density at radius 1 is 0.814 bits per heavy atom. The van der Waals surface area contributed by atoms with E-state index in [4.69, 9.17) is 18.9 Å². The highest BCUT2D eigenvalue weighted by molar-refractivity contribution is 5.99. The van der Waals surface area contributed by atoms with E-state index in [1.165, 1.54) is 32.4 Å². The number of ether oxygens (including phenoxy) is 4. The Kier molecular flexibility index (Phi) is 10.4. The van der Waals surface area contributed by atoms with E-state index in [1.807, 2.05) is 77.7 Å². The molecule has 0 aromatic heterocycles. The van der Waals surface area contributed by atoms with Crippen LogP contribution in [0.1, 0.15) is 29.6 Å². The maximum absolute atomic E-state index is 13.2. The van der Waals surface area contributed by atoms with Crippen molar-refractivity contribution in [3.05, 3.63) is 84.4 Å². The summed E-state index contributed by atoms with van der Waals surface area (Å²) in [5, 5.41) is 1.96. The molecule has 2 aliphatic rings. The molecule has 6 rings (SSSR count). The van der Waals surface area contributed by atoms with Crippen molar-refractivity contribution >= 4 is 29.1 Å². The SMILES string of the molecule is COc1ccc2c(Oc3ccc(OCCN4CCCCC4)cc3)c(-c3cccc(C(=O)N4CCOCC4)c3)ccc2c1.Cl. The second kappa shape index (κ2) is 14.6. The number of halogens is 1. The van der Waals surface area contributed by atoms with Gasteiger partial charge in [0.1, 0.15) is 29.6 Å². The van der Waals surface area contributed by atoms with Gasteiger partial charge in [-0.1, -0.05) is 24.6 Å². The summed E-state index contributed by atoms with van der Waals surface area (Å²) in [6.07, 6.45) is 3.90. The van der Waals surface area contributed by atoms with Gasteiger partial charge in [0.25, 0.3) is 5.91 Å². The van der Waals surface area contributed by atoms with E-state index in [0.29, 0.717) is 44.2 Å². The standard InChI is InChI=1S/C35H38N2O5.ClH/c1-39-31-13-15-33-27(25-31)8-14-32(26-6-5-7-28(24-26)35(38)37-19-21-40-22-20-37)34(33)42-30-11-9-29(10-12-30)41-23-18-36-16-3-2-4-17-36;/h5-15,24-25H,2-4,16-23H2,1H3;1H. The number of morpholine rings is 1. The molecular formula is C35H39ClN2O5. The second-order valence-electron chi connectivity index (χ2n) is 10.8. The normalized spacial score (nSPS) is 15.5. The number of hydrogen-bond acceptors (Lipinski definition) is 6. The lowest BCUT2D eigenvalue weighted by atomic mass is 9.97. The van der Waals surface area contributed by atoms with Crippen molar-refractivity contribution in [2.45, 2.75) is 19.3 Å². The zero-order chi connectivity index (χ0) is 28.7. The van der Waals surface area contributed by atoms with Crippen LogP contribution in [0.2, 0.25) is 0 Å². The van der Waals surface area contributed by atoms with Gasteiger partial charge in [-0.25, -0.2) is 0 Å². The van der Waals surface area contributed by atoms with Crippen LogP contribution in [0.15, 0.2) is 78.9 Å². The molecule has 0 spiro atoms. The molecule has 2 aliphatic heterocycles. The zero-order valence-electron chi connectivity index (χ0n) is 24.6. The van der Waals surface area contributed by atoms with Gasteiger partial charge in [-0.05, 0) is 97.5 Å². The van der Waals surface area contributed by atoms with Crippen LogP contribution in [-0.2, 0) is 4.74 Å². The summed E-state index contributed by atoms with van der Waals surface area (Å²) >= 11 is 0. The lowest BCUT2D eigenvalue weighted by molar-refractivity contribution is 0.0303. The fourth-order valence-electron chi connectivity index (χ4n) is 5.71. The first-order valence-electron chi connectivity index (χ1n) is 14.9. The second-order valence-corrected chi connectivity index (χ2v) is 10.8. The first-order valence-corrected chi connectivity index (χ1v) is 14.9. The maximum Gasteiger partial charge on any atom is 0.254 e. The number of rotatable bonds is 9. The Balaban J connectivity index is 0.00000368. The molecule has 0 N–H and O–H groups in total. The van der Waals surface area contributed by atoms with E-state index in [-0.39, 0.29) is 18.3 Å². The fraction of sp³-hybridized carbons (Fsp3) is 0.343. The molecule has 1 amide bonds. The first kappa shape index (κ1) is 30.7. The Labute approximate surface area is 259 Å². The Morgan fingerprint density at radius 2 is 1.56 bits per heavy atom. The van der Waals surface area contributed by atoms with Crippen LogP contribution >= 0.6 is 12.4 Å². The molecule has 7 nitrogen and oxygen atoms in total. The summed E-state index contributed by atoms with van der Waals surface area (Å²) in [5.74, 6) is 3.07. The highest BCUT2D eigenvalue weighted by Gasteiger charge is 2.20. The lowest BCUT2D eigenvalue weighted by Gasteiger charge is -2.27. The van der Waals surface area contributed by atoms with Crippen LogP contribution in [-0.4, -0.2) is 75.4 Å². The third kappa shape index (κ3) is 7.42. The van der Waals surface area contributed by atoms with E-state index in [0.717, 1.165) is 45.7 Å². The molecule has 226 valence electrons. The van der Waals surface area contributed by atoms with E-state index in [2.05, 4.69) is 11.0 Å². The molecule has 0 saturated carbocycles. The van der Waals surface area contributed by atoms with Gasteiger partial charge in [0.15, 0.2) is 0 Å².